The van der Waals surface area contributed by atoms with Gasteiger partial charge in [0.25, 0.3) is 5.91 Å². The van der Waals surface area contributed by atoms with Gasteiger partial charge in [0, 0.05) is 18.2 Å². The van der Waals surface area contributed by atoms with Crippen molar-refractivity contribution >= 4 is 17.3 Å². The summed E-state index contributed by atoms with van der Waals surface area (Å²) < 4.78 is 24.2. The SMILES string of the molecule is O=C(Nc1ccc(C2=C3CC3CNN2)cc1)C(F)F. The molecule has 0 aromatic heterocycles. The number of halogens is 2. The molecule has 1 aromatic carbocycles. The summed E-state index contributed by atoms with van der Waals surface area (Å²) in [5, 5.41) is 2.15. The molecule has 1 aliphatic heterocycles. The molecule has 3 rings (SSSR count). The number of hydrogen-bond acceptors (Lipinski definition) is 3. The van der Waals surface area contributed by atoms with Gasteiger partial charge >= 0.3 is 6.43 Å². The number of anilines is 1. The fourth-order valence-corrected chi connectivity index (χ4v) is 2.23. The zero-order valence-electron chi connectivity index (χ0n) is 10.0. The van der Waals surface area contributed by atoms with Crippen LogP contribution in [0.1, 0.15) is 12.0 Å². The van der Waals surface area contributed by atoms with Crippen LogP contribution >= 0.6 is 0 Å². The minimum Gasteiger partial charge on any atom is -0.321 e. The molecule has 1 heterocycles. The second-order valence-electron chi connectivity index (χ2n) is 4.67. The van der Waals surface area contributed by atoms with Crippen LogP contribution in [0.15, 0.2) is 29.8 Å². The third kappa shape index (κ3) is 2.44. The Hall–Kier alpha value is -1.95. The van der Waals surface area contributed by atoms with Gasteiger partial charge in [-0.3, -0.25) is 4.79 Å². The number of amides is 1. The molecule has 19 heavy (non-hydrogen) atoms. The van der Waals surface area contributed by atoms with Gasteiger partial charge in [0.2, 0.25) is 0 Å². The van der Waals surface area contributed by atoms with Crippen LogP contribution in [-0.2, 0) is 4.79 Å². The summed E-state index contributed by atoms with van der Waals surface area (Å²) in [6, 6.07) is 6.85. The summed E-state index contributed by atoms with van der Waals surface area (Å²) >= 11 is 0. The van der Waals surface area contributed by atoms with Crippen molar-refractivity contribution in [2.45, 2.75) is 12.8 Å². The summed E-state index contributed by atoms with van der Waals surface area (Å²) in [4.78, 5) is 10.9. The van der Waals surface area contributed by atoms with Gasteiger partial charge in [-0.1, -0.05) is 12.1 Å². The predicted molar refractivity (Wildman–Crippen MR) is 67.2 cm³/mol. The van der Waals surface area contributed by atoms with Gasteiger partial charge in [-0.05, 0) is 29.7 Å². The standard InChI is InChI=1S/C13H13F2N3O/c14-12(15)13(19)17-9-3-1-7(2-4-9)11-10-5-8(10)6-16-18-11/h1-4,8,12,16,18H,5-6H2,(H,17,19). The molecule has 1 aromatic rings. The van der Waals surface area contributed by atoms with Crippen molar-refractivity contribution in [2.75, 3.05) is 11.9 Å². The first kappa shape index (κ1) is 12.1. The third-order valence-corrected chi connectivity index (χ3v) is 3.32. The van der Waals surface area contributed by atoms with E-state index in [-0.39, 0.29) is 0 Å². The molecular formula is C13H13F2N3O. The second-order valence-corrected chi connectivity index (χ2v) is 4.67. The lowest BCUT2D eigenvalue weighted by Gasteiger charge is -2.16. The quantitative estimate of drug-likeness (QED) is 0.780. The average molecular weight is 265 g/mol. The van der Waals surface area contributed by atoms with E-state index in [1.807, 2.05) is 0 Å². The molecule has 1 amide bonds. The highest BCUT2D eigenvalue weighted by atomic mass is 19.3. The van der Waals surface area contributed by atoms with Gasteiger partial charge in [0.15, 0.2) is 0 Å². The summed E-state index contributed by atoms with van der Waals surface area (Å²) in [5.74, 6) is -0.663. The molecule has 100 valence electrons. The zero-order chi connectivity index (χ0) is 13.4. The molecular weight excluding hydrogens is 252 g/mol. The lowest BCUT2D eigenvalue weighted by molar-refractivity contribution is -0.126. The van der Waals surface area contributed by atoms with E-state index < -0.39 is 12.3 Å². The first-order chi connectivity index (χ1) is 9.15. The fraction of sp³-hybridized carbons (Fsp3) is 0.308. The molecule has 1 atom stereocenters. The van der Waals surface area contributed by atoms with Crippen LogP contribution in [0.25, 0.3) is 5.70 Å². The Morgan fingerprint density at radius 3 is 2.74 bits per heavy atom. The molecule has 0 saturated heterocycles. The molecule has 2 aliphatic rings. The van der Waals surface area contributed by atoms with Crippen molar-refractivity contribution < 1.29 is 13.6 Å². The van der Waals surface area contributed by atoms with Crippen LogP contribution in [0, 0.1) is 5.92 Å². The number of nitrogens with one attached hydrogen (secondary N) is 3. The number of alkyl halides is 2. The molecule has 1 saturated carbocycles. The molecule has 0 radical (unpaired) electrons. The lowest BCUT2D eigenvalue weighted by Crippen LogP contribution is -2.35. The third-order valence-electron chi connectivity index (χ3n) is 3.32. The van der Waals surface area contributed by atoms with Crippen molar-refractivity contribution in [1.82, 2.24) is 10.9 Å². The van der Waals surface area contributed by atoms with E-state index >= 15 is 0 Å². The summed E-state index contributed by atoms with van der Waals surface area (Å²) in [6.07, 6.45) is -1.90. The number of carbonyl (C=O) groups excluding carboxylic acids is 1. The molecule has 0 spiro atoms. The molecule has 1 aliphatic carbocycles. The Balaban J connectivity index is 1.75. The van der Waals surface area contributed by atoms with Crippen LogP contribution in [0.5, 0.6) is 0 Å². The highest BCUT2D eigenvalue weighted by Crippen LogP contribution is 2.43. The van der Waals surface area contributed by atoms with Crippen LogP contribution < -0.4 is 16.2 Å². The summed E-state index contributed by atoms with van der Waals surface area (Å²) in [5.41, 5.74) is 10.0. The molecule has 0 bridgehead atoms. The molecule has 1 unspecified atom stereocenters. The lowest BCUT2D eigenvalue weighted by atomic mass is 10.1. The number of fused-ring (bicyclic) bond motifs is 1. The van der Waals surface area contributed by atoms with Crippen LogP contribution in [0.4, 0.5) is 14.5 Å². The minimum atomic E-state index is -3.00. The average Bonchev–Trinajstić information content (AvgIpc) is 3.18. The van der Waals surface area contributed by atoms with E-state index in [1.165, 1.54) is 5.57 Å². The van der Waals surface area contributed by atoms with Crippen LogP contribution in [0.3, 0.4) is 0 Å². The largest absolute Gasteiger partial charge is 0.321 e. The Labute approximate surface area is 108 Å². The monoisotopic (exact) mass is 265 g/mol. The zero-order valence-corrected chi connectivity index (χ0v) is 10.0. The summed E-state index contributed by atoms with van der Waals surface area (Å²) in [7, 11) is 0. The molecule has 6 heteroatoms. The van der Waals surface area contributed by atoms with E-state index in [1.54, 1.807) is 24.3 Å². The van der Waals surface area contributed by atoms with Gasteiger partial charge in [-0.2, -0.15) is 8.78 Å². The second kappa shape index (κ2) is 4.62. The molecule has 4 nitrogen and oxygen atoms in total. The van der Waals surface area contributed by atoms with E-state index in [4.69, 9.17) is 0 Å². The summed E-state index contributed by atoms with van der Waals surface area (Å²) in [6.45, 7) is 0.946. The number of benzene rings is 1. The normalized spacial score (nSPS) is 20.9. The first-order valence-electron chi connectivity index (χ1n) is 6.06. The van der Waals surface area contributed by atoms with Crippen molar-refractivity contribution in [1.29, 1.82) is 0 Å². The number of hydrazine groups is 1. The van der Waals surface area contributed by atoms with E-state index in [9.17, 15) is 13.6 Å². The van der Waals surface area contributed by atoms with Gasteiger partial charge in [0.1, 0.15) is 0 Å². The van der Waals surface area contributed by atoms with Crippen LogP contribution in [0.2, 0.25) is 0 Å². The van der Waals surface area contributed by atoms with Gasteiger partial charge in [-0.25, -0.2) is 5.43 Å². The van der Waals surface area contributed by atoms with E-state index in [0.29, 0.717) is 11.6 Å². The van der Waals surface area contributed by atoms with Crippen LogP contribution in [-0.4, -0.2) is 18.9 Å². The van der Waals surface area contributed by atoms with Gasteiger partial charge in [-0.15, -0.1) is 0 Å². The molecule has 1 fully saturated rings. The fourth-order valence-electron chi connectivity index (χ4n) is 2.23. The Bertz CT molecular complexity index is 539. The maximum Gasteiger partial charge on any atom is 0.315 e. The highest BCUT2D eigenvalue weighted by Gasteiger charge is 2.35. The van der Waals surface area contributed by atoms with Crippen molar-refractivity contribution in [3.63, 3.8) is 0 Å². The van der Waals surface area contributed by atoms with E-state index in [2.05, 4.69) is 16.2 Å². The maximum atomic E-state index is 12.1. The predicted octanol–water partition coefficient (Wildman–Crippen LogP) is 1.73. The number of carbonyl (C=O) groups is 1. The van der Waals surface area contributed by atoms with Gasteiger partial charge in [0.05, 0.1) is 5.70 Å². The maximum absolute atomic E-state index is 12.1. The van der Waals surface area contributed by atoms with Crippen molar-refractivity contribution in [3.8, 4) is 0 Å². The van der Waals surface area contributed by atoms with E-state index in [0.717, 1.165) is 24.2 Å². The topological polar surface area (TPSA) is 53.2 Å². The minimum absolute atomic E-state index is 0.371. The van der Waals surface area contributed by atoms with Crippen molar-refractivity contribution in [3.05, 3.63) is 35.4 Å². The number of rotatable bonds is 3. The van der Waals surface area contributed by atoms with Gasteiger partial charge < -0.3 is 10.7 Å². The Morgan fingerprint density at radius 2 is 2.05 bits per heavy atom. The number of hydrogen-bond donors (Lipinski definition) is 3. The Kier molecular flexibility index (Phi) is 2.94. The Morgan fingerprint density at radius 1 is 1.32 bits per heavy atom. The first-order valence-corrected chi connectivity index (χ1v) is 6.06. The molecule has 3 N–H and O–H groups in total. The van der Waals surface area contributed by atoms with Crippen molar-refractivity contribution in [2.24, 2.45) is 5.92 Å². The smallest absolute Gasteiger partial charge is 0.315 e. The highest BCUT2D eigenvalue weighted by molar-refractivity contribution is 5.93.